The summed E-state index contributed by atoms with van der Waals surface area (Å²) in [5.41, 5.74) is 0.752. The molecule has 1 unspecified atom stereocenters. The van der Waals surface area contributed by atoms with E-state index in [2.05, 4.69) is 5.32 Å². The van der Waals surface area contributed by atoms with Gasteiger partial charge in [0.1, 0.15) is 0 Å². The van der Waals surface area contributed by atoms with Gasteiger partial charge in [-0.05, 0) is 25.5 Å². The van der Waals surface area contributed by atoms with Crippen LogP contribution in [0, 0.1) is 0 Å². The van der Waals surface area contributed by atoms with E-state index in [0.29, 0.717) is 19.5 Å². The Morgan fingerprint density at radius 3 is 2.70 bits per heavy atom. The number of aliphatic hydroxyl groups excluding tert-OH is 1. The molecule has 0 aromatic carbocycles. The Kier molecular flexibility index (Phi) is 5.38. The molecule has 1 saturated heterocycles. The van der Waals surface area contributed by atoms with Crippen LogP contribution in [0.2, 0.25) is 0 Å². The van der Waals surface area contributed by atoms with Gasteiger partial charge < -0.3 is 19.9 Å². The van der Waals surface area contributed by atoms with Crippen molar-refractivity contribution in [3.05, 3.63) is 24.0 Å². The Morgan fingerprint density at radius 2 is 2.09 bits per heavy atom. The zero-order valence-corrected chi connectivity index (χ0v) is 13.4. The second-order valence-electron chi connectivity index (χ2n) is 5.42. The highest BCUT2D eigenvalue weighted by atomic mass is 16.3. The molecule has 2 N–H and O–H groups in total. The van der Waals surface area contributed by atoms with Gasteiger partial charge in [0, 0.05) is 45.1 Å². The van der Waals surface area contributed by atoms with E-state index in [1.807, 2.05) is 19.3 Å². The highest BCUT2D eigenvalue weighted by Gasteiger charge is 2.35. The lowest BCUT2D eigenvalue weighted by Crippen LogP contribution is -2.58. The summed E-state index contributed by atoms with van der Waals surface area (Å²) in [6.45, 7) is 2.97. The number of nitrogens with one attached hydrogen (secondary N) is 1. The highest BCUT2D eigenvalue weighted by molar-refractivity contribution is 6.38. The first-order valence-electron chi connectivity index (χ1n) is 7.63. The molecule has 1 atom stereocenters. The summed E-state index contributed by atoms with van der Waals surface area (Å²) >= 11 is 0. The lowest BCUT2D eigenvalue weighted by molar-refractivity contribution is -0.153. The van der Waals surface area contributed by atoms with Crippen LogP contribution in [0.1, 0.15) is 25.1 Å². The zero-order valence-electron chi connectivity index (χ0n) is 13.4. The Bertz CT molecular complexity index is 598. The number of likely N-dealkylation sites (N-methyl/N-ethyl adjacent to an activating group) is 1. The molecule has 8 nitrogen and oxygen atoms in total. The molecular formula is C15H22N4O4. The molecule has 8 heteroatoms. The quantitative estimate of drug-likeness (QED) is 0.737. The number of aryl methyl sites for hydroxylation is 1. The number of piperazine rings is 1. The van der Waals surface area contributed by atoms with Crippen molar-refractivity contribution in [2.45, 2.75) is 19.4 Å². The van der Waals surface area contributed by atoms with Crippen molar-refractivity contribution in [2.75, 3.05) is 26.2 Å². The molecule has 126 valence electrons. The number of aliphatic hydroxyl groups is 1. The first kappa shape index (κ1) is 17.0. The summed E-state index contributed by atoms with van der Waals surface area (Å²) in [4.78, 5) is 38.0. The fourth-order valence-electron chi connectivity index (χ4n) is 2.55. The molecule has 0 spiro atoms. The van der Waals surface area contributed by atoms with Crippen LogP contribution in [0.25, 0.3) is 0 Å². The van der Waals surface area contributed by atoms with Gasteiger partial charge in [0.25, 0.3) is 0 Å². The van der Waals surface area contributed by atoms with E-state index in [1.165, 1.54) is 4.90 Å². The maximum Gasteiger partial charge on any atom is 0.324 e. The molecule has 2 rings (SSSR count). The topological polar surface area (TPSA) is 94.9 Å². The molecule has 0 radical (unpaired) electrons. The maximum absolute atomic E-state index is 12.0. The molecule has 0 saturated carbocycles. The molecule has 0 bridgehead atoms. The predicted octanol–water partition coefficient (Wildman–Crippen LogP) is -0.151. The van der Waals surface area contributed by atoms with Gasteiger partial charge >= 0.3 is 17.8 Å². The minimum atomic E-state index is -0.807. The number of amides is 4. The number of hydrogen-bond acceptors (Lipinski definition) is 4. The molecule has 4 amide bonds. The van der Waals surface area contributed by atoms with Crippen LogP contribution in [0.3, 0.4) is 0 Å². The minimum Gasteiger partial charge on any atom is -0.387 e. The second-order valence-corrected chi connectivity index (χ2v) is 5.42. The van der Waals surface area contributed by atoms with Gasteiger partial charge in [0.05, 0.1) is 6.10 Å². The molecule has 1 aromatic heterocycles. The van der Waals surface area contributed by atoms with E-state index in [-0.39, 0.29) is 13.1 Å². The molecule has 23 heavy (non-hydrogen) atoms. The summed E-state index contributed by atoms with van der Waals surface area (Å²) in [6.07, 6.45) is 1.44. The third-order valence-corrected chi connectivity index (χ3v) is 3.96. The average molecular weight is 322 g/mol. The van der Waals surface area contributed by atoms with Crippen molar-refractivity contribution in [3.8, 4) is 0 Å². The normalized spacial score (nSPS) is 16.7. The Hall–Kier alpha value is -2.35. The smallest absolute Gasteiger partial charge is 0.324 e. The van der Waals surface area contributed by atoms with Crippen molar-refractivity contribution < 1.29 is 19.5 Å². The zero-order chi connectivity index (χ0) is 17.0. The number of rotatable bonds is 5. The van der Waals surface area contributed by atoms with Gasteiger partial charge in [0.2, 0.25) is 0 Å². The number of nitrogens with zero attached hydrogens (tertiary/aromatic N) is 3. The highest BCUT2D eigenvalue weighted by Crippen LogP contribution is 2.15. The Morgan fingerprint density at radius 1 is 1.35 bits per heavy atom. The van der Waals surface area contributed by atoms with Crippen LogP contribution in [0.5, 0.6) is 0 Å². The predicted molar refractivity (Wildman–Crippen MR) is 82.4 cm³/mol. The lowest BCUT2D eigenvalue weighted by Gasteiger charge is -2.31. The average Bonchev–Trinajstić information content (AvgIpc) is 2.95. The number of urea groups is 1. The molecule has 1 aliphatic rings. The van der Waals surface area contributed by atoms with Crippen molar-refractivity contribution in [2.24, 2.45) is 7.05 Å². The summed E-state index contributed by atoms with van der Waals surface area (Å²) in [5, 5.41) is 12.6. The maximum atomic E-state index is 12.0. The van der Waals surface area contributed by atoms with Crippen molar-refractivity contribution >= 4 is 17.8 Å². The number of carbonyl (C=O) groups excluding carboxylic acids is 3. The van der Waals surface area contributed by atoms with Gasteiger partial charge in [-0.3, -0.25) is 14.5 Å². The second kappa shape index (κ2) is 7.28. The number of carbonyl (C=O) groups is 3. The fraction of sp³-hybridized carbons (Fsp3) is 0.533. The molecule has 1 aromatic rings. The largest absolute Gasteiger partial charge is 0.387 e. The first-order chi connectivity index (χ1) is 11.0. The third-order valence-electron chi connectivity index (χ3n) is 3.96. The van der Waals surface area contributed by atoms with E-state index in [4.69, 9.17) is 0 Å². The van der Waals surface area contributed by atoms with Crippen LogP contribution in [-0.4, -0.2) is 63.5 Å². The molecule has 1 aliphatic heterocycles. The standard InChI is InChI=1S/C15H22N4O4/c1-3-18-9-10-19(14(22)13(18)21)15(23)16-7-6-12(20)11-5-4-8-17(11)2/h4-5,8,12,20H,3,6-7,9-10H2,1-2H3,(H,16,23). The van der Waals surface area contributed by atoms with E-state index in [1.54, 1.807) is 17.6 Å². The minimum absolute atomic E-state index is 0.185. The van der Waals surface area contributed by atoms with Gasteiger partial charge in [0.15, 0.2) is 0 Å². The van der Waals surface area contributed by atoms with Crippen LogP contribution in [-0.2, 0) is 16.6 Å². The van der Waals surface area contributed by atoms with Crippen molar-refractivity contribution in [1.29, 1.82) is 0 Å². The summed E-state index contributed by atoms with van der Waals surface area (Å²) in [6, 6.07) is 3.03. The molecule has 1 fully saturated rings. The molecular weight excluding hydrogens is 300 g/mol. The van der Waals surface area contributed by atoms with Gasteiger partial charge in [-0.1, -0.05) is 0 Å². The molecule has 2 heterocycles. The van der Waals surface area contributed by atoms with E-state index in [9.17, 15) is 19.5 Å². The van der Waals surface area contributed by atoms with Gasteiger partial charge in [-0.25, -0.2) is 4.79 Å². The third kappa shape index (κ3) is 3.70. The van der Waals surface area contributed by atoms with Crippen LogP contribution >= 0.6 is 0 Å². The fourth-order valence-corrected chi connectivity index (χ4v) is 2.55. The summed E-state index contributed by atoms with van der Waals surface area (Å²) in [7, 11) is 1.83. The number of imide groups is 1. The van der Waals surface area contributed by atoms with Crippen LogP contribution < -0.4 is 5.32 Å². The van der Waals surface area contributed by atoms with E-state index >= 15 is 0 Å². The number of hydrogen-bond donors (Lipinski definition) is 2. The van der Waals surface area contributed by atoms with Gasteiger partial charge in [-0.2, -0.15) is 0 Å². The Balaban J connectivity index is 1.82. The van der Waals surface area contributed by atoms with E-state index < -0.39 is 23.9 Å². The first-order valence-corrected chi connectivity index (χ1v) is 7.63. The summed E-state index contributed by atoms with van der Waals surface area (Å²) in [5.74, 6) is -1.46. The van der Waals surface area contributed by atoms with Gasteiger partial charge in [-0.15, -0.1) is 0 Å². The van der Waals surface area contributed by atoms with Crippen molar-refractivity contribution in [3.63, 3.8) is 0 Å². The monoisotopic (exact) mass is 322 g/mol. The molecule has 0 aliphatic carbocycles. The SMILES string of the molecule is CCN1CCN(C(=O)NCCC(O)c2cccn2C)C(=O)C1=O. The Labute approximate surface area is 134 Å². The lowest BCUT2D eigenvalue weighted by atomic mass is 10.2. The van der Waals surface area contributed by atoms with Crippen molar-refractivity contribution in [1.82, 2.24) is 19.7 Å². The summed E-state index contributed by atoms with van der Waals surface area (Å²) < 4.78 is 1.80. The van der Waals surface area contributed by atoms with E-state index in [0.717, 1.165) is 10.6 Å². The van der Waals surface area contributed by atoms with Crippen LogP contribution in [0.15, 0.2) is 18.3 Å². The van der Waals surface area contributed by atoms with Crippen LogP contribution in [0.4, 0.5) is 4.79 Å². The number of aromatic nitrogens is 1.